The van der Waals surface area contributed by atoms with Gasteiger partial charge in [0.05, 0.1) is 6.04 Å². The third kappa shape index (κ3) is 2.87. The molecule has 17 heavy (non-hydrogen) atoms. The summed E-state index contributed by atoms with van der Waals surface area (Å²) in [5.74, 6) is 0. The zero-order valence-corrected chi connectivity index (χ0v) is 11.8. The van der Waals surface area contributed by atoms with E-state index < -0.39 is 0 Å². The van der Waals surface area contributed by atoms with Crippen LogP contribution in [0.1, 0.15) is 44.2 Å². The van der Waals surface area contributed by atoms with Crippen molar-refractivity contribution in [2.24, 2.45) is 0 Å². The third-order valence-electron chi connectivity index (χ3n) is 3.86. The minimum Gasteiger partial charge on any atom is -0.317 e. The summed E-state index contributed by atoms with van der Waals surface area (Å²) >= 11 is 1.79. The SMILES string of the molecule is CCC(c1nccs1)N1CCC(NC)CC1C. The van der Waals surface area contributed by atoms with Gasteiger partial charge in [-0.3, -0.25) is 4.90 Å². The Bertz CT molecular complexity index is 325. The lowest BCUT2D eigenvalue weighted by Crippen LogP contribution is -2.47. The molecule has 96 valence electrons. The molecular formula is C13H23N3S. The minimum atomic E-state index is 0.516. The standard InChI is InChI=1S/C13H23N3S/c1-4-12(13-15-6-8-17-13)16-7-5-11(14-3)9-10(16)2/h6,8,10-12,14H,4-5,7,9H2,1-3H3. The Morgan fingerprint density at radius 2 is 2.47 bits per heavy atom. The average molecular weight is 253 g/mol. The van der Waals surface area contributed by atoms with Crippen LogP contribution in [0.4, 0.5) is 0 Å². The van der Waals surface area contributed by atoms with Crippen LogP contribution >= 0.6 is 11.3 Å². The summed E-state index contributed by atoms with van der Waals surface area (Å²) in [6.45, 7) is 5.80. The number of hydrogen-bond acceptors (Lipinski definition) is 4. The van der Waals surface area contributed by atoms with E-state index in [4.69, 9.17) is 0 Å². The molecule has 4 heteroatoms. The van der Waals surface area contributed by atoms with E-state index in [1.807, 2.05) is 6.20 Å². The molecule has 1 saturated heterocycles. The molecule has 0 radical (unpaired) electrons. The van der Waals surface area contributed by atoms with Crippen LogP contribution in [0.2, 0.25) is 0 Å². The van der Waals surface area contributed by atoms with Crippen molar-refractivity contribution in [3.05, 3.63) is 16.6 Å². The summed E-state index contributed by atoms with van der Waals surface area (Å²) in [4.78, 5) is 7.13. The van der Waals surface area contributed by atoms with E-state index in [1.165, 1.54) is 24.4 Å². The highest BCUT2D eigenvalue weighted by atomic mass is 32.1. The molecule has 1 aliphatic heterocycles. The van der Waals surface area contributed by atoms with E-state index in [9.17, 15) is 0 Å². The van der Waals surface area contributed by atoms with Crippen LogP contribution in [-0.4, -0.2) is 35.6 Å². The van der Waals surface area contributed by atoms with E-state index in [0.717, 1.165) is 6.42 Å². The molecule has 3 nitrogen and oxygen atoms in total. The van der Waals surface area contributed by atoms with Crippen molar-refractivity contribution >= 4 is 11.3 Å². The quantitative estimate of drug-likeness (QED) is 0.894. The van der Waals surface area contributed by atoms with Gasteiger partial charge in [-0.1, -0.05) is 6.92 Å². The van der Waals surface area contributed by atoms with Crippen LogP contribution in [0.15, 0.2) is 11.6 Å². The van der Waals surface area contributed by atoms with Gasteiger partial charge in [0.15, 0.2) is 0 Å². The van der Waals surface area contributed by atoms with Gasteiger partial charge in [0.1, 0.15) is 5.01 Å². The second kappa shape index (κ2) is 5.94. The number of likely N-dealkylation sites (tertiary alicyclic amines) is 1. The van der Waals surface area contributed by atoms with Gasteiger partial charge in [0, 0.05) is 30.2 Å². The first-order chi connectivity index (χ1) is 8.26. The number of rotatable bonds is 4. The van der Waals surface area contributed by atoms with Gasteiger partial charge in [-0.25, -0.2) is 4.98 Å². The lowest BCUT2D eigenvalue weighted by molar-refractivity contribution is 0.0865. The summed E-state index contributed by atoms with van der Waals surface area (Å²) in [6, 6.07) is 1.85. The van der Waals surface area contributed by atoms with Crippen LogP contribution in [0.5, 0.6) is 0 Å². The maximum atomic E-state index is 4.50. The maximum Gasteiger partial charge on any atom is 0.110 e. The lowest BCUT2D eigenvalue weighted by atomic mass is 9.96. The number of nitrogens with zero attached hydrogens (tertiary/aromatic N) is 2. The van der Waals surface area contributed by atoms with E-state index >= 15 is 0 Å². The molecule has 2 heterocycles. The highest BCUT2D eigenvalue weighted by Crippen LogP contribution is 2.31. The molecule has 2 rings (SSSR count). The first-order valence-corrected chi connectivity index (χ1v) is 7.46. The smallest absolute Gasteiger partial charge is 0.110 e. The second-order valence-corrected chi connectivity index (χ2v) is 5.82. The van der Waals surface area contributed by atoms with Crippen molar-refractivity contribution < 1.29 is 0 Å². The first-order valence-electron chi connectivity index (χ1n) is 6.58. The predicted octanol–water partition coefficient (Wildman–Crippen LogP) is 2.67. The molecule has 0 aliphatic carbocycles. The monoisotopic (exact) mass is 253 g/mol. The molecule has 1 fully saturated rings. The fourth-order valence-corrected chi connectivity index (χ4v) is 3.71. The number of hydrogen-bond donors (Lipinski definition) is 1. The van der Waals surface area contributed by atoms with Crippen molar-refractivity contribution in [1.29, 1.82) is 0 Å². The zero-order chi connectivity index (χ0) is 12.3. The summed E-state index contributed by atoms with van der Waals surface area (Å²) in [5, 5.41) is 6.77. The van der Waals surface area contributed by atoms with E-state index in [1.54, 1.807) is 11.3 Å². The number of thiazole rings is 1. The molecule has 0 amide bonds. The Hall–Kier alpha value is -0.450. The first kappa shape index (κ1) is 13.0. The Balaban J connectivity index is 2.06. The second-order valence-electron chi connectivity index (χ2n) is 4.89. The number of nitrogens with one attached hydrogen (secondary N) is 1. The van der Waals surface area contributed by atoms with Gasteiger partial charge in [-0.05, 0) is 33.2 Å². The molecule has 0 bridgehead atoms. The Kier molecular flexibility index (Phi) is 4.54. The number of piperidine rings is 1. The molecule has 3 unspecified atom stereocenters. The average Bonchev–Trinajstić information content (AvgIpc) is 2.85. The largest absolute Gasteiger partial charge is 0.317 e. The van der Waals surface area contributed by atoms with Crippen LogP contribution in [0, 0.1) is 0 Å². The maximum absolute atomic E-state index is 4.50. The fourth-order valence-electron chi connectivity index (χ4n) is 2.87. The molecule has 1 aromatic heterocycles. The zero-order valence-electron chi connectivity index (χ0n) is 11.0. The van der Waals surface area contributed by atoms with Crippen molar-refractivity contribution in [2.75, 3.05) is 13.6 Å². The Morgan fingerprint density at radius 3 is 3.00 bits per heavy atom. The summed E-state index contributed by atoms with van der Waals surface area (Å²) < 4.78 is 0. The topological polar surface area (TPSA) is 28.2 Å². The highest BCUT2D eigenvalue weighted by Gasteiger charge is 2.30. The van der Waals surface area contributed by atoms with E-state index in [-0.39, 0.29) is 0 Å². The minimum absolute atomic E-state index is 0.516. The summed E-state index contributed by atoms with van der Waals surface area (Å²) in [5.41, 5.74) is 0. The Labute approximate surface area is 108 Å². The van der Waals surface area contributed by atoms with E-state index in [0.29, 0.717) is 18.1 Å². The van der Waals surface area contributed by atoms with Crippen molar-refractivity contribution in [2.45, 2.75) is 51.2 Å². The van der Waals surface area contributed by atoms with Crippen LogP contribution < -0.4 is 5.32 Å². The van der Waals surface area contributed by atoms with Crippen molar-refractivity contribution in [3.8, 4) is 0 Å². The van der Waals surface area contributed by atoms with Gasteiger partial charge >= 0.3 is 0 Å². The molecule has 3 atom stereocenters. The van der Waals surface area contributed by atoms with E-state index in [2.05, 4.69) is 41.5 Å². The molecule has 1 aromatic rings. The van der Waals surface area contributed by atoms with Gasteiger partial charge in [0.25, 0.3) is 0 Å². The van der Waals surface area contributed by atoms with Crippen LogP contribution in [0.25, 0.3) is 0 Å². The normalized spacial score (nSPS) is 28.2. The number of aromatic nitrogens is 1. The predicted molar refractivity (Wildman–Crippen MR) is 73.4 cm³/mol. The Morgan fingerprint density at radius 1 is 1.65 bits per heavy atom. The molecule has 0 spiro atoms. The molecule has 1 N–H and O–H groups in total. The molecule has 0 saturated carbocycles. The van der Waals surface area contributed by atoms with Gasteiger partial charge < -0.3 is 5.32 Å². The molecule has 1 aliphatic rings. The van der Waals surface area contributed by atoms with Gasteiger partial charge in [-0.15, -0.1) is 11.3 Å². The van der Waals surface area contributed by atoms with Crippen molar-refractivity contribution in [3.63, 3.8) is 0 Å². The van der Waals surface area contributed by atoms with Crippen molar-refractivity contribution in [1.82, 2.24) is 15.2 Å². The summed E-state index contributed by atoms with van der Waals surface area (Å²) in [6.07, 6.45) is 5.58. The summed E-state index contributed by atoms with van der Waals surface area (Å²) in [7, 11) is 2.07. The van der Waals surface area contributed by atoms with Gasteiger partial charge in [0.2, 0.25) is 0 Å². The fraction of sp³-hybridized carbons (Fsp3) is 0.769. The van der Waals surface area contributed by atoms with Gasteiger partial charge in [-0.2, -0.15) is 0 Å². The lowest BCUT2D eigenvalue weighted by Gasteiger charge is -2.41. The van der Waals surface area contributed by atoms with Crippen LogP contribution in [0.3, 0.4) is 0 Å². The molecule has 0 aromatic carbocycles. The third-order valence-corrected chi connectivity index (χ3v) is 4.74. The van der Waals surface area contributed by atoms with Crippen LogP contribution in [-0.2, 0) is 0 Å². The highest BCUT2D eigenvalue weighted by molar-refractivity contribution is 7.09. The molecular weight excluding hydrogens is 230 g/mol.